The molecule has 1 atom stereocenters. The van der Waals surface area contributed by atoms with Crippen LogP contribution in [0.15, 0.2) is 30.3 Å². The first kappa shape index (κ1) is 16.2. The number of nitrogens with one attached hydrogen (secondary N) is 1. The van der Waals surface area contributed by atoms with Gasteiger partial charge in [-0.1, -0.05) is 32.0 Å². The number of methoxy groups -OCH3 is 1. The van der Waals surface area contributed by atoms with Crippen LogP contribution in [0.3, 0.4) is 0 Å². The summed E-state index contributed by atoms with van der Waals surface area (Å²) in [4.78, 5) is 25.5. The second kappa shape index (κ2) is 8.32. The van der Waals surface area contributed by atoms with Crippen LogP contribution in [0.4, 0.5) is 0 Å². The smallest absolute Gasteiger partial charge is 0.329 e. The van der Waals surface area contributed by atoms with Gasteiger partial charge in [0.25, 0.3) is 5.91 Å². The predicted molar refractivity (Wildman–Crippen MR) is 77.5 cm³/mol. The van der Waals surface area contributed by atoms with Crippen LogP contribution < -0.4 is 5.32 Å². The Kier molecular flexibility index (Phi) is 6.73. The molecule has 0 aromatic heterocycles. The van der Waals surface area contributed by atoms with E-state index in [1.807, 2.05) is 32.0 Å². The van der Waals surface area contributed by atoms with Gasteiger partial charge in [-0.15, -0.1) is 0 Å². The molecule has 1 fully saturated rings. The van der Waals surface area contributed by atoms with Gasteiger partial charge in [-0.25, -0.2) is 4.79 Å². The molecule has 1 saturated heterocycles. The summed E-state index contributed by atoms with van der Waals surface area (Å²) in [5.74, 6) is -0.515. The molecule has 5 heteroatoms. The van der Waals surface area contributed by atoms with E-state index in [4.69, 9.17) is 4.74 Å². The molecule has 0 radical (unpaired) electrons. The lowest BCUT2D eigenvalue weighted by Gasteiger charge is -2.34. The monoisotopic (exact) mass is 278 g/mol. The van der Waals surface area contributed by atoms with Crippen molar-refractivity contribution in [1.82, 2.24) is 10.2 Å². The molecular weight excluding hydrogens is 256 g/mol. The number of benzene rings is 1. The fourth-order valence-electron chi connectivity index (χ4n) is 2.04. The maximum Gasteiger partial charge on any atom is 0.329 e. The highest BCUT2D eigenvalue weighted by Gasteiger charge is 2.33. The molecule has 1 aromatic carbocycles. The van der Waals surface area contributed by atoms with E-state index in [1.54, 1.807) is 17.0 Å². The molecule has 1 amide bonds. The van der Waals surface area contributed by atoms with E-state index in [1.165, 1.54) is 7.11 Å². The zero-order valence-electron chi connectivity index (χ0n) is 12.3. The SMILES string of the molecule is CC.COC(=O)C1CNCCN1C(=O)c1ccccc1. The number of nitrogens with zero attached hydrogens (tertiary/aromatic N) is 1. The van der Waals surface area contributed by atoms with Gasteiger partial charge in [-0.2, -0.15) is 0 Å². The second-order valence-electron chi connectivity index (χ2n) is 4.11. The van der Waals surface area contributed by atoms with Crippen LogP contribution >= 0.6 is 0 Å². The normalized spacial score (nSPS) is 17.8. The Morgan fingerprint density at radius 3 is 2.50 bits per heavy atom. The first-order chi connectivity index (χ1) is 9.74. The lowest BCUT2D eigenvalue weighted by atomic mass is 10.1. The predicted octanol–water partition coefficient (Wildman–Crippen LogP) is 1.30. The van der Waals surface area contributed by atoms with Crippen molar-refractivity contribution in [2.45, 2.75) is 19.9 Å². The molecule has 0 spiro atoms. The fraction of sp³-hybridized carbons (Fsp3) is 0.467. The Morgan fingerprint density at radius 1 is 1.25 bits per heavy atom. The number of piperazine rings is 1. The van der Waals surface area contributed by atoms with E-state index in [0.29, 0.717) is 25.2 Å². The third-order valence-corrected chi connectivity index (χ3v) is 3.00. The van der Waals surface area contributed by atoms with E-state index < -0.39 is 6.04 Å². The topological polar surface area (TPSA) is 58.6 Å². The number of esters is 1. The number of carbonyl (C=O) groups excluding carboxylic acids is 2. The standard InChI is InChI=1S/C13H16N2O3.C2H6/c1-18-13(17)11-9-14-7-8-15(11)12(16)10-5-3-2-4-6-10;1-2/h2-6,11,14H,7-9H2,1H3;1-2H3. The van der Waals surface area contributed by atoms with Crippen molar-refractivity contribution >= 4 is 11.9 Å². The Labute approximate surface area is 119 Å². The van der Waals surface area contributed by atoms with Gasteiger partial charge in [-0.3, -0.25) is 4.79 Å². The second-order valence-corrected chi connectivity index (χ2v) is 4.11. The molecule has 0 aliphatic carbocycles. The third kappa shape index (κ3) is 3.81. The molecule has 0 saturated carbocycles. The van der Waals surface area contributed by atoms with E-state index in [2.05, 4.69) is 5.32 Å². The summed E-state index contributed by atoms with van der Waals surface area (Å²) < 4.78 is 4.73. The summed E-state index contributed by atoms with van der Waals surface area (Å²) in [5, 5.41) is 3.09. The molecule has 110 valence electrons. The minimum absolute atomic E-state index is 0.132. The van der Waals surface area contributed by atoms with Crippen LogP contribution in [-0.4, -0.2) is 49.6 Å². The van der Waals surface area contributed by atoms with Gasteiger partial charge >= 0.3 is 5.97 Å². The zero-order chi connectivity index (χ0) is 15.0. The van der Waals surface area contributed by atoms with Crippen molar-refractivity contribution in [1.29, 1.82) is 0 Å². The molecule has 1 unspecified atom stereocenters. The van der Waals surface area contributed by atoms with Crippen LogP contribution in [0.2, 0.25) is 0 Å². The van der Waals surface area contributed by atoms with Crippen molar-refractivity contribution in [2.75, 3.05) is 26.7 Å². The van der Waals surface area contributed by atoms with E-state index in [-0.39, 0.29) is 11.9 Å². The number of hydrogen-bond donors (Lipinski definition) is 1. The molecule has 1 aromatic rings. The average Bonchev–Trinajstić information content (AvgIpc) is 2.56. The van der Waals surface area contributed by atoms with Crippen molar-refractivity contribution in [2.24, 2.45) is 0 Å². The Hall–Kier alpha value is -1.88. The zero-order valence-corrected chi connectivity index (χ0v) is 12.3. The van der Waals surface area contributed by atoms with Gasteiger partial charge in [0.15, 0.2) is 0 Å². The average molecular weight is 278 g/mol. The van der Waals surface area contributed by atoms with E-state index >= 15 is 0 Å². The van der Waals surface area contributed by atoms with Gasteiger partial charge in [0.1, 0.15) is 6.04 Å². The Morgan fingerprint density at radius 2 is 1.90 bits per heavy atom. The molecule has 5 nitrogen and oxygen atoms in total. The molecule has 1 aliphatic heterocycles. The summed E-state index contributed by atoms with van der Waals surface area (Å²) in [6, 6.07) is 8.42. The summed E-state index contributed by atoms with van der Waals surface area (Å²) in [7, 11) is 1.34. The minimum Gasteiger partial charge on any atom is -0.467 e. The third-order valence-electron chi connectivity index (χ3n) is 3.00. The van der Waals surface area contributed by atoms with Crippen LogP contribution in [0, 0.1) is 0 Å². The van der Waals surface area contributed by atoms with Crippen LogP contribution in [0.25, 0.3) is 0 Å². The maximum absolute atomic E-state index is 12.3. The van der Waals surface area contributed by atoms with Crippen LogP contribution in [0.5, 0.6) is 0 Å². The highest BCUT2D eigenvalue weighted by Crippen LogP contribution is 2.11. The highest BCUT2D eigenvalue weighted by atomic mass is 16.5. The Balaban J connectivity index is 0.000000956. The number of carbonyl (C=O) groups is 2. The minimum atomic E-state index is -0.545. The van der Waals surface area contributed by atoms with Gasteiger partial charge in [0, 0.05) is 25.2 Å². The number of hydrogen-bond acceptors (Lipinski definition) is 4. The van der Waals surface area contributed by atoms with Crippen molar-refractivity contribution < 1.29 is 14.3 Å². The molecule has 20 heavy (non-hydrogen) atoms. The number of ether oxygens (including phenoxy) is 1. The van der Waals surface area contributed by atoms with Crippen LogP contribution in [0.1, 0.15) is 24.2 Å². The summed E-state index contributed by atoms with van der Waals surface area (Å²) in [6.45, 7) is 5.63. The number of rotatable bonds is 2. The van der Waals surface area contributed by atoms with Gasteiger partial charge in [-0.05, 0) is 12.1 Å². The van der Waals surface area contributed by atoms with Crippen molar-refractivity contribution in [3.63, 3.8) is 0 Å². The van der Waals surface area contributed by atoms with Gasteiger partial charge in [0.2, 0.25) is 0 Å². The highest BCUT2D eigenvalue weighted by molar-refractivity contribution is 5.97. The largest absolute Gasteiger partial charge is 0.467 e. The molecular formula is C15H22N2O3. The van der Waals surface area contributed by atoms with E-state index in [0.717, 1.165) is 0 Å². The lowest BCUT2D eigenvalue weighted by molar-refractivity contribution is -0.146. The lowest BCUT2D eigenvalue weighted by Crippen LogP contribution is -2.57. The molecule has 0 bridgehead atoms. The molecule has 1 N–H and O–H groups in total. The number of amides is 1. The maximum atomic E-state index is 12.3. The van der Waals surface area contributed by atoms with Crippen molar-refractivity contribution in [3.8, 4) is 0 Å². The first-order valence-electron chi connectivity index (χ1n) is 6.88. The quantitative estimate of drug-likeness (QED) is 0.828. The van der Waals surface area contributed by atoms with Crippen LogP contribution in [-0.2, 0) is 9.53 Å². The first-order valence-corrected chi connectivity index (χ1v) is 6.88. The Bertz CT molecular complexity index is 434. The molecule has 2 rings (SSSR count). The summed E-state index contributed by atoms with van der Waals surface area (Å²) >= 11 is 0. The summed E-state index contributed by atoms with van der Waals surface area (Å²) in [5.41, 5.74) is 0.591. The summed E-state index contributed by atoms with van der Waals surface area (Å²) in [6.07, 6.45) is 0. The van der Waals surface area contributed by atoms with E-state index in [9.17, 15) is 9.59 Å². The van der Waals surface area contributed by atoms with Crippen molar-refractivity contribution in [3.05, 3.63) is 35.9 Å². The molecule has 1 aliphatic rings. The van der Waals surface area contributed by atoms with Gasteiger partial charge < -0.3 is 15.0 Å². The molecule has 1 heterocycles. The fourth-order valence-corrected chi connectivity index (χ4v) is 2.04. The van der Waals surface area contributed by atoms with Gasteiger partial charge in [0.05, 0.1) is 7.11 Å².